The molecule has 35 heavy (non-hydrogen) atoms. The number of fused-ring (bicyclic) bond motifs is 1. The third-order valence-corrected chi connectivity index (χ3v) is 9.21. The zero-order valence-corrected chi connectivity index (χ0v) is 20.4. The van der Waals surface area contributed by atoms with Crippen LogP contribution in [0.1, 0.15) is 48.4 Å². The Labute approximate surface area is 204 Å². The van der Waals surface area contributed by atoms with Crippen LogP contribution in [-0.2, 0) is 21.1 Å². The monoisotopic (exact) mass is 498 g/mol. The van der Waals surface area contributed by atoms with Gasteiger partial charge in [-0.1, -0.05) is 0 Å². The molecule has 10 heteroatoms. The summed E-state index contributed by atoms with van der Waals surface area (Å²) < 4.78 is 37.6. The number of pyridine rings is 2. The zero-order valence-electron chi connectivity index (χ0n) is 19.6. The van der Waals surface area contributed by atoms with Crippen molar-refractivity contribution in [1.82, 2.24) is 20.2 Å². The Balaban J connectivity index is 1.18. The van der Waals surface area contributed by atoms with Crippen molar-refractivity contribution in [1.29, 1.82) is 0 Å². The van der Waals surface area contributed by atoms with E-state index in [0.29, 0.717) is 30.2 Å². The number of nitrogens with one attached hydrogen (secondary N) is 1. The van der Waals surface area contributed by atoms with Crippen molar-refractivity contribution in [3.8, 4) is 0 Å². The van der Waals surface area contributed by atoms with Gasteiger partial charge < -0.3 is 19.4 Å². The third-order valence-electron chi connectivity index (χ3n) is 6.96. The fraction of sp³-hybridized carbons (Fsp3) is 0.480. The summed E-state index contributed by atoms with van der Waals surface area (Å²) in [6.45, 7) is 3.48. The van der Waals surface area contributed by atoms with Crippen LogP contribution in [0.15, 0.2) is 52.2 Å². The molecule has 0 aromatic carbocycles. The van der Waals surface area contributed by atoms with E-state index in [1.54, 1.807) is 36.7 Å². The fourth-order valence-corrected chi connectivity index (χ4v) is 6.68. The normalized spacial score (nSPS) is 20.5. The minimum atomic E-state index is -3.47. The van der Waals surface area contributed by atoms with Gasteiger partial charge in [0.1, 0.15) is 0 Å². The van der Waals surface area contributed by atoms with Crippen LogP contribution >= 0.6 is 0 Å². The summed E-state index contributed by atoms with van der Waals surface area (Å²) in [5, 5.41) is 3.16. The molecule has 0 radical (unpaired) electrons. The molecule has 0 saturated carbocycles. The predicted octanol–water partition coefficient (Wildman–Crippen LogP) is 2.96. The van der Waals surface area contributed by atoms with Crippen LogP contribution in [0.2, 0.25) is 0 Å². The fourth-order valence-electron chi connectivity index (χ4n) is 4.94. The molecule has 2 aliphatic rings. The standard InChI is InChI=1S/C25H30N4O5S/c30-25(23-14-18-5-9-26-17-24(18)34-23)28-15-19-3-4-22(16-27-19)35(31,32)21-2-1-10-29(11-6-21)20-7-12-33-13-8-20/h3-5,9,14,16-17,20-21H,1-2,6-8,10-13,15H2,(H,28,30). The lowest BCUT2D eigenvalue weighted by Gasteiger charge is -2.33. The molecule has 5 rings (SSSR count). The van der Waals surface area contributed by atoms with Crippen molar-refractivity contribution >= 4 is 26.7 Å². The number of hydrogen-bond acceptors (Lipinski definition) is 8. The van der Waals surface area contributed by atoms with E-state index in [1.165, 1.54) is 6.20 Å². The maximum absolute atomic E-state index is 13.3. The number of ether oxygens (including phenoxy) is 1. The topological polar surface area (TPSA) is 115 Å². The first-order chi connectivity index (χ1) is 17.0. The van der Waals surface area contributed by atoms with Gasteiger partial charge in [-0.15, -0.1) is 0 Å². The van der Waals surface area contributed by atoms with Crippen LogP contribution in [0.5, 0.6) is 0 Å². The van der Waals surface area contributed by atoms with Crippen LogP contribution in [0, 0.1) is 0 Å². The Kier molecular flexibility index (Phi) is 7.12. The van der Waals surface area contributed by atoms with Crippen LogP contribution < -0.4 is 5.32 Å². The minimum absolute atomic E-state index is 0.165. The van der Waals surface area contributed by atoms with E-state index in [-0.39, 0.29) is 23.1 Å². The van der Waals surface area contributed by atoms with Gasteiger partial charge in [0.15, 0.2) is 21.2 Å². The Hall–Kier alpha value is -2.82. The summed E-state index contributed by atoms with van der Waals surface area (Å²) >= 11 is 0. The van der Waals surface area contributed by atoms with Gasteiger partial charge in [-0.3, -0.25) is 14.8 Å². The van der Waals surface area contributed by atoms with Gasteiger partial charge in [0.05, 0.1) is 28.6 Å². The van der Waals surface area contributed by atoms with E-state index < -0.39 is 15.1 Å². The summed E-state index contributed by atoms with van der Waals surface area (Å²) in [5.41, 5.74) is 1.11. The average Bonchev–Trinajstić information content (AvgIpc) is 3.17. The highest BCUT2D eigenvalue weighted by molar-refractivity contribution is 7.92. The molecule has 1 amide bonds. The molecule has 2 saturated heterocycles. The van der Waals surface area contributed by atoms with E-state index in [4.69, 9.17) is 9.15 Å². The van der Waals surface area contributed by atoms with E-state index in [9.17, 15) is 13.2 Å². The largest absolute Gasteiger partial charge is 0.449 e. The Morgan fingerprint density at radius 1 is 1.09 bits per heavy atom. The van der Waals surface area contributed by atoms with Crippen molar-refractivity contribution in [2.75, 3.05) is 26.3 Å². The summed E-state index contributed by atoms with van der Waals surface area (Å²) in [6, 6.07) is 7.18. The molecule has 0 bridgehead atoms. The Morgan fingerprint density at radius 3 is 2.71 bits per heavy atom. The molecule has 3 aromatic rings. The zero-order chi connectivity index (χ0) is 24.3. The lowest BCUT2D eigenvalue weighted by Crippen LogP contribution is -2.40. The molecule has 0 spiro atoms. The molecule has 3 aromatic heterocycles. The van der Waals surface area contributed by atoms with Crippen molar-refractivity contribution in [2.45, 2.75) is 54.8 Å². The molecule has 186 valence electrons. The lowest BCUT2D eigenvalue weighted by molar-refractivity contribution is 0.0353. The second-order valence-electron chi connectivity index (χ2n) is 9.17. The number of carbonyl (C=O) groups is 1. The van der Waals surface area contributed by atoms with Gasteiger partial charge >= 0.3 is 0 Å². The number of nitrogens with zero attached hydrogens (tertiary/aromatic N) is 3. The highest BCUT2D eigenvalue weighted by Gasteiger charge is 2.32. The number of amides is 1. The number of aromatic nitrogens is 2. The van der Waals surface area contributed by atoms with E-state index in [2.05, 4.69) is 20.2 Å². The first-order valence-corrected chi connectivity index (χ1v) is 13.7. The van der Waals surface area contributed by atoms with E-state index in [1.807, 2.05) is 0 Å². The first-order valence-electron chi connectivity index (χ1n) is 12.1. The van der Waals surface area contributed by atoms with E-state index in [0.717, 1.165) is 51.0 Å². The summed E-state index contributed by atoms with van der Waals surface area (Å²) in [5.74, 6) is -0.178. The SMILES string of the molecule is O=C(NCc1ccc(S(=O)(=O)C2CCCN(C3CCOCC3)CC2)cn1)c1cc2ccncc2o1. The molecule has 5 heterocycles. The molecule has 2 aliphatic heterocycles. The van der Waals surface area contributed by atoms with Crippen LogP contribution in [0.25, 0.3) is 11.0 Å². The van der Waals surface area contributed by atoms with Crippen molar-refractivity contribution in [3.63, 3.8) is 0 Å². The molecule has 2 fully saturated rings. The van der Waals surface area contributed by atoms with Crippen LogP contribution in [0.4, 0.5) is 0 Å². The van der Waals surface area contributed by atoms with Gasteiger partial charge in [-0.05, 0) is 69.5 Å². The summed E-state index contributed by atoms with van der Waals surface area (Å²) in [4.78, 5) is 23.4. The molecule has 0 aliphatic carbocycles. The minimum Gasteiger partial charge on any atom is -0.449 e. The molecule has 9 nitrogen and oxygen atoms in total. The van der Waals surface area contributed by atoms with Gasteiger partial charge in [-0.25, -0.2) is 8.42 Å². The van der Waals surface area contributed by atoms with Crippen LogP contribution in [0.3, 0.4) is 0 Å². The number of sulfone groups is 1. The molecule has 1 atom stereocenters. The number of rotatable bonds is 6. The molecule has 1 N–H and O–H groups in total. The van der Waals surface area contributed by atoms with Crippen molar-refractivity contribution in [3.05, 3.63) is 54.3 Å². The lowest BCUT2D eigenvalue weighted by atomic mass is 10.1. The highest BCUT2D eigenvalue weighted by atomic mass is 32.2. The Morgan fingerprint density at radius 2 is 1.94 bits per heavy atom. The second-order valence-corrected chi connectivity index (χ2v) is 11.4. The Bertz CT molecular complexity index is 1240. The van der Waals surface area contributed by atoms with Crippen molar-refractivity contribution in [2.24, 2.45) is 0 Å². The quantitative estimate of drug-likeness (QED) is 0.552. The van der Waals surface area contributed by atoms with Gasteiger partial charge in [-0.2, -0.15) is 0 Å². The highest BCUT2D eigenvalue weighted by Crippen LogP contribution is 2.27. The number of hydrogen-bond donors (Lipinski definition) is 1. The molecular weight excluding hydrogens is 468 g/mol. The molecular formula is C25H30N4O5S. The van der Waals surface area contributed by atoms with Crippen LogP contribution in [-0.4, -0.2) is 66.8 Å². The number of likely N-dealkylation sites (tertiary alicyclic amines) is 1. The summed E-state index contributed by atoms with van der Waals surface area (Å²) in [6.07, 6.45) is 8.80. The maximum Gasteiger partial charge on any atom is 0.287 e. The number of furan rings is 1. The van der Waals surface area contributed by atoms with Gasteiger partial charge in [0, 0.05) is 37.0 Å². The molecule has 1 unspecified atom stereocenters. The average molecular weight is 499 g/mol. The number of carbonyl (C=O) groups excluding carboxylic acids is 1. The maximum atomic E-state index is 13.3. The third kappa shape index (κ3) is 5.39. The van der Waals surface area contributed by atoms with Gasteiger partial charge in [0.2, 0.25) is 0 Å². The van der Waals surface area contributed by atoms with Crippen molar-refractivity contribution < 1.29 is 22.4 Å². The second kappa shape index (κ2) is 10.4. The smallest absolute Gasteiger partial charge is 0.287 e. The predicted molar refractivity (Wildman–Crippen MR) is 130 cm³/mol. The first kappa shape index (κ1) is 23.9. The van der Waals surface area contributed by atoms with E-state index >= 15 is 0 Å². The van der Waals surface area contributed by atoms with Gasteiger partial charge in [0.25, 0.3) is 5.91 Å². The summed E-state index contributed by atoms with van der Waals surface area (Å²) in [7, 11) is -3.47.